The molecule has 8 atom stereocenters. The molecule has 92 heavy (non-hydrogen) atoms. The van der Waals surface area contributed by atoms with Crippen LogP contribution in [0.2, 0.25) is 0 Å². The molecule has 0 bridgehead atoms. The summed E-state index contributed by atoms with van der Waals surface area (Å²) < 4.78 is 20.2. The van der Waals surface area contributed by atoms with Crippen molar-refractivity contribution in [3.8, 4) is 0 Å². The third-order valence-corrected chi connectivity index (χ3v) is 13.2. The van der Waals surface area contributed by atoms with Gasteiger partial charge in [0.2, 0.25) is 23.6 Å². The summed E-state index contributed by atoms with van der Waals surface area (Å²) in [5.41, 5.74) is 0. The van der Waals surface area contributed by atoms with Crippen LogP contribution in [0, 0.1) is 0 Å². The number of hydrogen-bond donors (Lipinski definition) is 18. The van der Waals surface area contributed by atoms with Crippen molar-refractivity contribution in [2.45, 2.75) is 48.8 Å². The lowest BCUT2D eigenvalue weighted by atomic mass is 10.0. The van der Waals surface area contributed by atoms with Crippen LogP contribution in [0.4, 0.5) is 0 Å². The van der Waals surface area contributed by atoms with Crippen molar-refractivity contribution in [1.29, 1.82) is 0 Å². The van der Waals surface area contributed by atoms with Gasteiger partial charge in [0, 0.05) is 120 Å². The molecule has 0 spiro atoms. The molecule has 40 nitrogen and oxygen atoms in total. The lowest BCUT2D eigenvalue weighted by Gasteiger charge is -2.30. The number of nitrogens with one attached hydrogen (secondary N) is 2. The molecule has 0 aliphatic heterocycles. The molecule has 0 saturated heterocycles. The Hall–Kier alpha value is -6.10. The van der Waals surface area contributed by atoms with E-state index >= 15 is 0 Å². The third kappa shape index (κ3) is 42.9. The van der Waals surface area contributed by atoms with Gasteiger partial charge in [0.25, 0.3) is 0 Å². The van der Waals surface area contributed by atoms with Crippen LogP contribution in [0.1, 0.15) is 0 Å². The van der Waals surface area contributed by atoms with Crippen molar-refractivity contribution in [3.63, 3.8) is 0 Å². The van der Waals surface area contributed by atoms with Gasteiger partial charge in [0.15, 0.2) is 0 Å². The minimum absolute atomic E-state index is 0.0490. The number of rotatable bonds is 56. The second kappa shape index (κ2) is 51.3. The summed E-state index contributed by atoms with van der Waals surface area (Å²) >= 11 is 0. The van der Waals surface area contributed by atoms with Gasteiger partial charge in [-0.05, 0) is 0 Å². The Kier molecular flexibility index (Phi) is 49.1. The van der Waals surface area contributed by atoms with Gasteiger partial charge in [-0.2, -0.15) is 0 Å². The number of methoxy groups -OCH3 is 4. The molecule has 0 fully saturated rings. The number of aliphatic hydroxyl groups excluding tert-OH is 10. The summed E-state index contributed by atoms with van der Waals surface area (Å²) in [7, 11) is 6.00. The number of amides is 4. The number of carboxylic acids is 6. The molecule has 0 radical (unpaired) electrons. The quantitative estimate of drug-likeness (QED) is 0.0269. The van der Waals surface area contributed by atoms with E-state index in [1.807, 2.05) is 0 Å². The van der Waals surface area contributed by atoms with Crippen LogP contribution in [0.25, 0.3) is 0 Å². The van der Waals surface area contributed by atoms with E-state index in [1.165, 1.54) is 57.8 Å². The summed E-state index contributed by atoms with van der Waals surface area (Å²) in [6.45, 7) is -6.25. The Morgan fingerprint density at radius 3 is 0.728 bits per heavy atom. The number of hydrogen-bond acceptors (Lipinski definition) is 30. The normalized spacial score (nSPS) is 14.2. The molecular weight excluding hydrogens is 1240 g/mol. The van der Waals surface area contributed by atoms with Gasteiger partial charge in [-0.1, -0.05) is 0 Å². The van der Waals surface area contributed by atoms with Gasteiger partial charge in [0.1, 0.15) is 36.6 Å². The number of ether oxygens (including phenoxy) is 4. The molecule has 4 amide bonds. The summed E-state index contributed by atoms with van der Waals surface area (Å²) in [5.74, 6) is -9.84. The smallest absolute Gasteiger partial charge is 0.317 e. The second-order valence-corrected chi connectivity index (χ2v) is 20.7. The molecule has 0 aromatic heterocycles. The van der Waals surface area contributed by atoms with Crippen LogP contribution < -0.4 is 10.6 Å². The molecule has 0 aromatic carbocycles. The number of carbonyl (C=O) groups excluding carboxylic acids is 4. The fraction of sp³-hybridized carbons (Fsp3) is 0.808. The second-order valence-electron chi connectivity index (χ2n) is 20.7. The Balaban J connectivity index is 0. The number of nitrogens with zero attached hydrogens (tertiary/aromatic N) is 8. The summed E-state index contributed by atoms with van der Waals surface area (Å²) in [4.78, 5) is 130. The van der Waals surface area contributed by atoms with Crippen molar-refractivity contribution in [2.75, 3.05) is 225 Å². The minimum atomic E-state index is -1.96. The monoisotopic (exact) mass is 1340 g/mol. The van der Waals surface area contributed by atoms with Gasteiger partial charge in [0.05, 0.1) is 117 Å². The standard InChI is InChI=1S/C26H49N5O18.C26H49N5O12/c32-12-16(36)25(48)23(46)14(34)5-27-18(38)7-30(10-21(42)43)3-1-29(9-20(40)41)2-4-31(11-22(44)45)8-19(39)28-6-15(35)24(47)26(49)17(37)13-33;1-40-13-9-30(10-14-41-2)22(32)17-28(20-25(36)37)7-5-27(19-24(34)35)6-8-29(21-26(38)39)18-23(33)31(11-15-42-3)12-16-43-4/h14-17,23-26,32-37,46-49H,1-13H2,(H,27,38)(H,28,39)(H,40,41)(H,42,43)(H,44,45);5-21H2,1-4H3,(H,34,35)(H,36,37)(H,38,39). The summed E-state index contributed by atoms with van der Waals surface area (Å²) in [6, 6.07) is 0. The molecule has 8 unspecified atom stereocenters. The van der Waals surface area contributed by atoms with E-state index in [4.69, 9.17) is 29.2 Å². The van der Waals surface area contributed by atoms with Gasteiger partial charge in [-0.3, -0.25) is 77.3 Å². The maximum atomic E-state index is 12.9. The lowest BCUT2D eigenvalue weighted by Crippen LogP contribution is -2.51. The predicted octanol–water partition coefficient (Wildman–Crippen LogP) is -12.4. The number of aliphatic hydroxyl groups is 10. The molecule has 0 aliphatic rings. The van der Waals surface area contributed by atoms with Crippen LogP contribution in [-0.4, -0.2) is 454 Å². The number of carboxylic acid groups (broad SMARTS) is 6. The first-order chi connectivity index (χ1) is 43.3. The first-order valence-corrected chi connectivity index (χ1v) is 28.6. The molecule has 18 N–H and O–H groups in total. The van der Waals surface area contributed by atoms with Crippen LogP contribution in [-0.2, 0) is 66.9 Å². The van der Waals surface area contributed by atoms with E-state index in [0.717, 1.165) is 9.80 Å². The molecule has 536 valence electrons. The van der Waals surface area contributed by atoms with E-state index < -0.39 is 175 Å². The number of carbonyl (C=O) groups is 10. The highest BCUT2D eigenvalue weighted by Gasteiger charge is 2.32. The van der Waals surface area contributed by atoms with Crippen molar-refractivity contribution in [1.82, 2.24) is 49.8 Å². The minimum Gasteiger partial charge on any atom is -0.480 e. The maximum Gasteiger partial charge on any atom is 0.317 e. The summed E-state index contributed by atoms with van der Waals surface area (Å²) in [6.07, 6.45) is -14.9. The topological polar surface area (TPSA) is 581 Å². The van der Waals surface area contributed by atoms with Gasteiger partial charge in [-0.25, -0.2) is 0 Å². The molecule has 40 heteroatoms. The highest BCUT2D eigenvalue weighted by molar-refractivity contribution is 5.81. The molecule has 0 rings (SSSR count). The fourth-order valence-electron chi connectivity index (χ4n) is 8.11. The highest BCUT2D eigenvalue weighted by Crippen LogP contribution is 2.08. The Morgan fingerprint density at radius 2 is 0.511 bits per heavy atom. The lowest BCUT2D eigenvalue weighted by molar-refractivity contribution is -0.142. The van der Waals surface area contributed by atoms with Gasteiger partial charge < -0.3 is 121 Å². The Morgan fingerprint density at radius 1 is 0.304 bits per heavy atom. The van der Waals surface area contributed by atoms with E-state index in [2.05, 4.69) is 10.6 Å². The molecular formula is C52H98N10O30. The van der Waals surface area contributed by atoms with Crippen LogP contribution >= 0.6 is 0 Å². The molecule has 0 aromatic rings. The predicted molar refractivity (Wildman–Crippen MR) is 313 cm³/mol. The Labute approximate surface area is 530 Å². The SMILES string of the molecule is COCCN(CCOC)C(=O)CN(CCN(CCN(CC(=O)O)CC(=O)N(CCOC)CCOC)CC(=O)O)CC(=O)O.O=C(O)CN(CCN(CC(=O)O)CC(=O)NCC(O)C(O)C(O)C(O)CO)CCN(CC(=O)O)CC(=O)NCC(O)C(O)C(O)C(O)CO. The summed E-state index contributed by atoms with van der Waals surface area (Å²) in [5, 5.41) is 156. The van der Waals surface area contributed by atoms with E-state index in [1.54, 1.807) is 0 Å². The zero-order valence-corrected chi connectivity index (χ0v) is 52.3. The molecule has 0 aliphatic carbocycles. The number of aliphatic carboxylic acids is 6. The molecule has 0 saturated carbocycles. The van der Waals surface area contributed by atoms with Gasteiger partial charge >= 0.3 is 35.8 Å². The van der Waals surface area contributed by atoms with E-state index in [0.29, 0.717) is 0 Å². The first kappa shape index (κ1) is 88.0. The van der Waals surface area contributed by atoms with E-state index in [9.17, 15) is 119 Å². The average molecular weight is 1340 g/mol. The van der Waals surface area contributed by atoms with Crippen molar-refractivity contribution in [3.05, 3.63) is 0 Å². The van der Waals surface area contributed by atoms with Crippen molar-refractivity contribution in [2.24, 2.45) is 0 Å². The van der Waals surface area contributed by atoms with Crippen LogP contribution in [0.3, 0.4) is 0 Å². The van der Waals surface area contributed by atoms with E-state index in [-0.39, 0.29) is 130 Å². The van der Waals surface area contributed by atoms with Crippen molar-refractivity contribution < 1.29 is 149 Å². The van der Waals surface area contributed by atoms with Crippen molar-refractivity contribution >= 4 is 59.4 Å². The molecule has 0 heterocycles. The zero-order valence-electron chi connectivity index (χ0n) is 52.3. The van der Waals surface area contributed by atoms with Crippen LogP contribution in [0.15, 0.2) is 0 Å². The van der Waals surface area contributed by atoms with Gasteiger partial charge in [-0.15, -0.1) is 0 Å². The maximum absolute atomic E-state index is 12.9. The largest absolute Gasteiger partial charge is 0.480 e. The zero-order chi connectivity index (χ0) is 70.5. The Bertz CT molecular complexity index is 2000. The van der Waals surface area contributed by atoms with Crippen LogP contribution in [0.5, 0.6) is 0 Å². The fourth-order valence-corrected chi connectivity index (χ4v) is 8.11. The average Bonchev–Trinajstić information content (AvgIpc) is 1.90. The highest BCUT2D eigenvalue weighted by atomic mass is 16.5. The first-order valence-electron chi connectivity index (χ1n) is 28.6. The third-order valence-electron chi connectivity index (χ3n) is 13.2.